The lowest BCUT2D eigenvalue weighted by molar-refractivity contribution is 0.0913. The van der Waals surface area contributed by atoms with Gasteiger partial charge in [-0.15, -0.1) is 0 Å². The minimum Gasteiger partial charge on any atom is -0.493 e. The van der Waals surface area contributed by atoms with Gasteiger partial charge >= 0.3 is 0 Å². The Morgan fingerprint density at radius 2 is 2.30 bits per heavy atom. The molecule has 0 aliphatic carbocycles. The van der Waals surface area contributed by atoms with Gasteiger partial charge in [0.15, 0.2) is 0 Å². The van der Waals surface area contributed by atoms with E-state index in [1.807, 2.05) is 12.1 Å². The van der Waals surface area contributed by atoms with Gasteiger partial charge < -0.3 is 14.6 Å². The van der Waals surface area contributed by atoms with E-state index in [0.717, 1.165) is 22.2 Å². The summed E-state index contributed by atoms with van der Waals surface area (Å²) in [5.74, 6) is 0.814. The number of fused-ring (bicyclic) bond motifs is 1. The largest absolute Gasteiger partial charge is 0.493 e. The molecule has 6 heteroatoms. The Hall–Kier alpha value is -1.82. The van der Waals surface area contributed by atoms with Crippen molar-refractivity contribution >= 4 is 21.8 Å². The Balaban J connectivity index is 1.74. The van der Waals surface area contributed by atoms with E-state index in [1.165, 1.54) is 5.56 Å². The zero-order valence-corrected chi connectivity index (χ0v) is 12.5. The molecule has 0 bridgehead atoms. The molecule has 5 nitrogen and oxygen atoms in total. The summed E-state index contributed by atoms with van der Waals surface area (Å²) in [5, 5.41) is 6.51. The highest BCUT2D eigenvalue weighted by Crippen LogP contribution is 2.32. The Labute approximate surface area is 124 Å². The number of amides is 1. The van der Waals surface area contributed by atoms with E-state index >= 15 is 0 Å². The van der Waals surface area contributed by atoms with Gasteiger partial charge in [-0.25, -0.2) is 0 Å². The Bertz CT molecular complexity index is 666. The van der Waals surface area contributed by atoms with Crippen LogP contribution in [0.2, 0.25) is 0 Å². The second kappa shape index (κ2) is 5.28. The van der Waals surface area contributed by atoms with Gasteiger partial charge in [0.1, 0.15) is 5.75 Å². The van der Waals surface area contributed by atoms with Crippen molar-refractivity contribution in [2.45, 2.75) is 19.9 Å². The van der Waals surface area contributed by atoms with Crippen molar-refractivity contribution < 1.29 is 14.1 Å². The van der Waals surface area contributed by atoms with Crippen LogP contribution >= 0.6 is 15.9 Å². The number of carbonyl (C=O) groups excluding carboxylic acids is 1. The van der Waals surface area contributed by atoms with Gasteiger partial charge in [0, 0.05) is 29.1 Å². The molecule has 3 rings (SSSR count). The third kappa shape index (κ3) is 2.56. The fourth-order valence-corrected chi connectivity index (χ4v) is 2.76. The minimum absolute atomic E-state index is 0.218. The molecule has 0 spiro atoms. The number of hydrogen-bond donors (Lipinski definition) is 1. The van der Waals surface area contributed by atoms with Crippen LogP contribution in [0.1, 0.15) is 27.4 Å². The smallest absolute Gasteiger partial charge is 0.290 e. The number of aryl methyl sites for hydroxylation is 1. The molecule has 2 heterocycles. The first-order valence-corrected chi connectivity index (χ1v) is 7.08. The maximum absolute atomic E-state index is 11.9. The molecule has 0 radical (unpaired) electrons. The number of carbonyl (C=O) groups is 1. The topological polar surface area (TPSA) is 64.4 Å². The van der Waals surface area contributed by atoms with Crippen LogP contribution in [0, 0.1) is 6.92 Å². The molecule has 0 atom stereocenters. The first kappa shape index (κ1) is 13.2. The number of rotatable bonds is 3. The zero-order chi connectivity index (χ0) is 14.1. The molecule has 1 N–H and O–H groups in total. The lowest BCUT2D eigenvalue weighted by Crippen LogP contribution is -2.22. The molecule has 1 amide bonds. The summed E-state index contributed by atoms with van der Waals surface area (Å²) in [4.78, 5) is 11.9. The van der Waals surface area contributed by atoms with Gasteiger partial charge in [0.2, 0.25) is 5.76 Å². The molecule has 1 aliphatic heterocycles. The van der Waals surface area contributed by atoms with Crippen molar-refractivity contribution in [1.82, 2.24) is 10.5 Å². The van der Waals surface area contributed by atoms with Crippen LogP contribution < -0.4 is 10.1 Å². The SMILES string of the molecule is Cc1cc(C(=O)NCc2cc(Br)cc3c2OCC3)on1. The second-order valence-electron chi connectivity index (χ2n) is 4.67. The Morgan fingerprint density at radius 3 is 3.05 bits per heavy atom. The molecule has 0 saturated carbocycles. The summed E-state index contributed by atoms with van der Waals surface area (Å²) >= 11 is 3.47. The monoisotopic (exact) mass is 336 g/mol. The molecule has 1 aromatic carbocycles. The lowest BCUT2D eigenvalue weighted by Gasteiger charge is -2.09. The summed E-state index contributed by atoms with van der Waals surface area (Å²) in [7, 11) is 0. The fraction of sp³-hybridized carbons (Fsp3) is 0.286. The molecule has 0 unspecified atom stereocenters. The van der Waals surface area contributed by atoms with Gasteiger partial charge in [0.05, 0.1) is 12.3 Å². The van der Waals surface area contributed by atoms with Crippen LogP contribution in [0.15, 0.2) is 27.2 Å². The van der Waals surface area contributed by atoms with E-state index in [-0.39, 0.29) is 11.7 Å². The average Bonchev–Trinajstić information content (AvgIpc) is 3.03. The highest BCUT2D eigenvalue weighted by molar-refractivity contribution is 9.10. The Kier molecular flexibility index (Phi) is 3.48. The fourth-order valence-electron chi connectivity index (χ4n) is 2.21. The maximum atomic E-state index is 11.9. The molecule has 0 fully saturated rings. The summed E-state index contributed by atoms with van der Waals surface area (Å²) in [6.45, 7) is 2.85. The quantitative estimate of drug-likeness (QED) is 0.935. The van der Waals surface area contributed by atoms with Crippen molar-refractivity contribution in [1.29, 1.82) is 0 Å². The third-order valence-electron chi connectivity index (χ3n) is 3.12. The highest BCUT2D eigenvalue weighted by Gasteiger charge is 2.18. The predicted octanol–water partition coefficient (Wildman–Crippen LogP) is 2.61. The lowest BCUT2D eigenvalue weighted by atomic mass is 10.1. The Morgan fingerprint density at radius 1 is 1.45 bits per heavy atom. The normalized spacial score (nSPS) is 12.9. The van der Waals surface area contributed by atoms with Crippen molar-refractivity contribution in [3.63, 3.8) is 0 Å². The molecule has 20 heavy (non-hydrogen) atoms. The standard InChI is InChI=1S/C14H13BrN2O3/c1-8-4-12(20-17-8)14(18)16-7-10-6-11(15)5-9-2-3-19-13(9)10/h4-6H,2-3,7H2,1H3,(H,16,18). The van der Waals surface area contributed by atoms with Crippen molar-refractivity contribution in [2.24, 2.45) is 0 Å². The summed E-state index contributed by atoms with van der Waals surface area (Å²) in [5.41, 5.74) is 2.80. The van der Waals surface area contributed by atoms with Crippen molar-refractivity contribution in [3.8, 4) is 5.75 Å². The van der Waals surface area contributed by atoms with E-state index in [9.17, 15) is 4.79 Å². The van der Waals surface area contributed by atoms with E-state index in [0.29, 0.717) is 18.8 Å². The van der Waals surface area contributed by atoms with Gasteiger partial charge in [0.25, 0.3) is 5.91 Å². The zero-order valence-electron chi connectivity index (χ0n) is 10.9. The predicted molar refractivity (Wildman–Crippen MR) is 75.8 cm³/mol. The van der Waals surface area contributed by atoms with Crippen LogP contribution in [0.5, 0.6) is 5.75 Å². The number of aromatic nitrogens is 1. The van der Waals surface area contributed by atoms with E-state index < -0.39 is 0 Å². The average molecular weight is 337 g/mol. The summed E-state index contributed by atoms with van der Waals surface area (Å²) in [6.07, 6.45) is 0.900. The second-order valence-corrected chi connectivity index (χ2v) is 5.58. The number of halogens is 1. The molecular weight excluding hydrogens is 324 g/mol. The van der Waals surface area contributed by atoms with Crippen molar-refractivity contribution in [2.75, 3.05) is 6.61 Å². The molecular formula is C14H13BrN2O3. The van der Waals surface area contributed by atoms with Gasteiger partial charge in [-0.1, -0.05) is 21.1 Å². The number of ether oxygens (including phenoxy) is 1. The number of nitrogens with zero attached hydrogens (tertiary/aromatic N) is 1. The van der Waals surface area contributed by atoms with Crippen LogP contribution in [-0.2, 0) is 13.0 Å². The van der Waals surface area contributed by atoms with Gasteiger partial charge in [-0.3, -0.25) is 4.79 Å². The first-order chi connectivity index (χ1) is 9.63. The molecule has 0 saturated heterocycles. The molecule has 1 aromatic heterocycles. The van der Waals surface area contributed by atoms with Gasteiger partial charge in [-0.05, 0) is 24.6 Å². The van der Waals surface area contributed by atoms with E-state index in [2.05, 4.69) is 26.4 Å². The van der Waals surface area contributed by atoms with Crippen molar-refractivity contribution in [3.05, 3.63) is 45.3 Å². The summed E-state index contributed by atoms with van der Waals surface area (Å²) in [6, 6.07) is 5.61. The highest BCUT2D eigenvalue weighted by atomic mass is 79.9. The van der Waals surface area contributed by atoms with Gasteiger partial charge in [-0.2, -0.15) is 0 Å². The minimum atomic E-state index is -0.280. The van der Waals surface area contributed by atoms with Crippen LogP contribution in [0.25, 0.3) is 0 Å². The van der Waals surface area contributed by atoms with Crippen LogP contribution in [0.3, 0.4) is 0 Å². The van der Waals surface area contributed by atoms with Crippen LogP contribution in [0.4, 0.5) is 0 Å². The molecule has 1 aliphatic rings. The summed E-state index contributed by atoms with van der Waals surface area (Å²) < 4.78 is 11.5. The third-order valence-corrected chi connectivity index (χ3v) is 3.57. The van der Waals surface area contributed by atoms with E-state index in [4.69, 9.17) is 9.26 Å². The van der Waals surface area contributed by atoms with Crippen LogP contribution in [-0.4, -0.2) is 17.7 Å². The molecule has 104 valence electrons. The number of benzene rings is 1. The van der Waals surface area contributed by atoms with E-state index in [1.54, 1.807) is 13.0 Å². The molecule has 2 aromatic rings. The number of hydrogen-bond acceptors (Lipinski definition) is 4. The maximum Gasteiger partial charge on any atom is 0.290 e. The number of nitrogens with one attached hydrogen (secondary N) is 1. The first-order valence-electron chi connectivity index (χ1n) is 6.29.